The summed E-state index contributed by atoms with van der Waals surface area (Å²) in [5, 5.41) is 0. The summed E-state index contributed by atoms with van der Waals surface area (Å²) < 4.78 is 26.2. The van der Waals surface area contributed by atoms with Crippen molar-refractivity contribution < 1.29 is 8.60 Å². The third-order valence-electron chi connectivity index (χ3n) is 4.14. The molecular formula is C20H25FOS. The van der Waals surface area contributed by atoms with Crippen molar-refractivity contribution >= 4 is 10.8 Å². The van der Waals surface area contributed by atoms with Gasteiger partial charge in [-0.25, -0.2) is 4.39 Å². The first-order valence-electron chi connectivity index (χ1n) is 7.87. The molecule has 2 aromatic carbocycles. The molecule has 0 N–H and O–H groups in total. The highest BCUT2D eigenvalue weighted by atomic mass is 32.2. The largest absolute Gasteiger partial charge is 0.259 e. The van der Waals surface area contributed by atoms with Gasteiger partial charge in [-0.2, -0.15) is 0 Å². The van der Waals surface area contributed by atoms with Crippen LogP contribution in [0.15, 0.2) is 36.4 Å². The average Bonchev–Trinajstić information content (AvgIpc) is 2.44. The van der Waals surface area contributed by atoms with Gasteiger partial charge < -0.3 is 0 Å². The molecule has 2 rings (SSSR count). The molecule has 0 radical (unpaired) electrons. The second-order valence-corrected chi connectivity index (χ2v) is 8.62. The van der Waals surface area contributed by atoms with Gasteiger partial charge in [0.15, 0.2) is 0 Å². The van der Waals surface area contributed by atoms with Crippen molar-refractivity contribution in [1.29, 1.82) is 0 Å². The summed E-state index contributed by atoms with van der Waals surface area (Å²) in [6, 6.07) is 10.9. The van der Waals surface area contributed by atoms with Gasteiger partial charge in [-0.05, 0) is 47.6 Å². The lowest BCUT2D eigenvalue weighted by molar-refractivity contribution is 0.589. The van der Waals surface area contributed by atoms with Crippen LogP contribution in [0, 0.1) is 19.7 Å². The first kappa shape index (κ1) is 17.9. The smallest absolute Gasteiger partial charge is 0.127 e. The second kappa shape index (κ2) is 6.96. The normalized spacial score (nSPS) is 13.1. The molecule has 0 aliphatic carbocycles. The van der Waals surface area contributed by atoms with E-state index in [-0.39, 0.29) is 17.0 Å². The Morgan fingerprint density at radius 1 is 1.00 bits per heavy atom. The molecule has 0 spiro atoms. The van der Waals surface area contributed by atoms with E-state index < -0.39 is 10.8 Å². The molecule has 0 heterocycles. The van der Waals surface area contributed by atoms with Gasteiger partial charge in [0.05, 0.1) is 5.75 Å². The molecule has 1 nitrogen and oxygen atoms in total. The molecule has 124 valence electrons. The summed E-state index contributed by atoms with van der Waals surface area (Å²) in [5.41, 5.74) is 5.35. The van der Waals surface area contributed by atoms with Crippen LogP contribution in [0.3, 0.4) is 0 Å². The van der Waals surface area contributed by atoms with Gasteiger partial charge in [-0.15, -0.1) is 0 Å². The van der Waals surface area contributed by atoms with E-state index in [1.165, 1.54) is 11.6 Å². The Hall–Kier alpha value is -1.48. The van der Waals surface area contributed by atoms with E-state index in [0.717, 1.165) is 16.7 Å². The molecule has 0 amide bonds. The first-order valence-corrected chi connectivity index (χ1v) is 9.36. The zero-order valence-corrected chi connectivity index (χ0v) is 15.4. The lowest BCUT2D eigenvalue weighted by atomic mass is 9.84. The van der Waals surface area contributed by atoms with Crippen LogP contribution in [0.4, 0.5) is 4.39 Å². The minimum atomic E-state index is -1.12. The lowest BCUT2D eigenvalue weighted by Gasteiger charge is -2.22. The summed E-state index contributed by atoms with van der Waals surface area (Å²) in [4.78, 5) is 0. The quantitative estimate of drug-likeness (QED) is 0.753. The maximum absolute atomic E-state index is 13.7. The fraction of sp³-hybridized carbons (Fsp3) is 0.400. The number of hydrogen-bond donors (Lipinski definition) is 0. The average molecular weight is 332 g/mol. The fourth-order valence-corrected chi connectivity index (χ4v) is 4.12. The Kier molecular flexibility index (Phi) is 5.41. The van der Waals surface area contributed by atoms with Crippen molar-refractivity contribution in [2.24, 2.45) is 0 Å². The Morgan fingerprint density at radius 2 is 1.57 bits per heavy atom. The topological polar surface area (TPSA) is 17.1 Å². The van der Waals surface area contributed by atoms with Crippen LogP contribution >= 0.6 is 0 Å². The number of aryl methyl sites for hydroxylation is 2. The molecule has 1 atom stereocenters. The molecule has 0 saturated heterocycles. The second-order valence-electron chi connectivity index (χ2n) is 7.16. The highest BCUT2D eigenvalue weighted by Crippen LogP contribution is 2.27. The summed E-state index contributed by atoms with van der Waals surface area (Å²) >= 11 is 0. The predicted octanol–water partition coefficient (Wildman–Crippen LogP) is 5.19. The van der Waals surface area contributed by atoms with E-state index in [0.29, 0.717) is 11.3 Å². The molecule has 0 unspecified atom stereocenters. The third-order valence-corrected chi connectivity index (χ3v) is 5.39. The van der Waals surface area contributed by atoms with Crippen molar-refractivity contribution in [2.75, 3.05) is 0 Å². The maximum atomic E-state index is 13.7. The SMILES string of the molecule is Cc1cc(C(C)(C)C)cc(C)c1C[S@@](=O)Cc1ccccc1F. The standard InChI is InChI=1S/C20H25FOS/c1-14-10-17(20(3,4)5)11-15(2)18(14)13-23(22)12-16-8-6-7-9-19(16)21/h6-11H,12-13H2,1-5H3/t23-/m0/s1. The molecule has 0 bridgehead atoms. The molecular weight excluding hydrogens is 307 g/mol. The first-order chi connectivity index (χ1) is 10.7. The van der Waals surface area contributed by atoms with Crippen molar-refractivity contribution in [1.82, 2.24) is 0 Å². The predicted molar refractivity (Wildman–Crippen MR) is 96.6 cm³/mol. The lowest BCUT2D eigenvalue weighted by Crippen LogP contribution is -2.13. The molecule has 0 saturated carbocycles. The third kappa shape index (κ3) is 4.51. The molecule has 2 aromatic rings. The van der Waals surface area contributed by atoms with Gasteiger partial charge in [0, 0.05) is 22.1 Å². The van der Waals surface area contributed by atoms with Crippen molar-refractivity contribution in [3.05, 3.63) is 70.0 Å². The van der Waals surface area contributed by atoms with Crippen molar-refractivity contribution in [2.45, 2.75) is 51.5 Å². The Morgan fingerprint density at radius 3 is 2.09 bits per heavy atom. The fourth-order valence-electron chi connectivity index (χ4n) is 2.66. The minimum absolute atomic E-state index is 0.0976. The number of hydrogen-bond acceptors (Lipinski definition) is 1. The zero-order chi connectivity index (χ0) is 17.2. The van der Waals surface area contributed by atoms with Crippen molar-refractivity contribution in [3.8, 4) is 0 Å². The molecule has 0 aromatic heterocycles. The van der Waals surface area contributed by atoms with Gasteiger partial charge in [-0.1, -0.05) is 51.1 Å². The summed E-state index contributed by atoms with van der Waals surface area (Å²) in [7, 11) is -1.12. The van der Waals surface area contributed by atoms with E-state index >= 15 is 0 Å². The van der Waals surface area contributed by atoms with Crippen LogP contribution in [0.1, 0.15) is 48.6 Å². The Balaban J connectivity index is 2.20. The van der Waals surface area contributed by atoms with Crippen LogP contribution in [0.5, 0.6) is 0 Å². The van der Waals surface area contributed by atoms with E-state index in [9.17, 15) is 8.60 Å². The van der Waals surface area contributed by atoms with Crippen LogP contribution in [-0.4, -0.2) is 4.21 Å². The van der Waals surface area contributed by atoms with Gasteiger partial charge >= 0.3 is 0 Å². The Labute approximate surface area is 141 Å². The highest BCUT2D eigenvalue weighted by Gasteiger charge is 2.17. The molecule has 3 heteroatoms. The summed E-state index contributed by atoms with van der Waals surface area (Å²) in [6.07, 6.45) is 0. The zero-order valence-electron chi connectivity index (χ0n) is 14.6. The minimum Gasteiger partial charge on any atom is -0.259 e. The number of halogens is 1. The molecule has 0 aliphatic rings. The molecule has 0 aliphatic heterocycles. The van der Waals surface area contributed by atoms with E-state index in [2.05, 4.69) is 46.8 Å². The van der Waals surface area contributed by atoms with E-state index in [1.807, 2.05) is 0 Å². The van der Waals surface area contributed by atoms with E-state index in [1.54, 1.807) is 18.2 Å². The number of benzene rings is 2. The van der Waals surface area contributed by atoms with Gasteiger partial charge in [-0.3, -0.25) is 4.21 Å². The Bertz CT molecular complexity index is 706. The van der Waals surface area contributed by atoms with Gasteiger partial charge in [0.25, 0.3) is 0 Å². The van der Waals surface area contributed by atoms with Gasteiger partial charge in [0.2, 0.25) is 0 Å². The monoisotopic (exact) mass is 332 g/mol. The van der Waals surface area contributed by atoms with Gasteiger partial charge in [0.1, 0.15) is 5.82 Å². The van der Waals surface area contributed by atoms with Crippen LogP contribution in [0.2, 0.25) is 0 Å². The molecule has 0 fully saturated rings. The summed E-state index contributed by atoms with van der Waals surface area (Å²) in [5.74, 6) is 0.445. The van der Waals surface area contributed by atoms with Crippen LogP contribution in [0.25, 0.3) is 0 Å². The number of rotatable bonds is 4. The summed E-state index contributed by atoms with van der Waals surface area (Å²) in [6.45, 7) is 10.7. The molecule has 23 heavy (non-hydrogen) atoms. The van der Waals surface area contributed by atoms with Crippen molar-refractivity contribution in [3.63, 3.8) is 0 Å². The highest BCUT2D eigenvalue weighted by molar-refractivity contribution is 7.83. The van der Waals surface area contributed by atoms with Crippen LogP contribution < -0.4 is 0 Å². The van der Waals surface area contributed by atoms with Crippen LogP contribution in [-0.2, 0) is 27.7 Å². The van der Waals surface area contributed by atoms with E-state index in [4.69, 9.17) is 0 Å². The maximum Gasteiger partial charge on any atom is 0.127 e.